The molecule has 2 atom stereocenters. The predicted molar refractivity (Wildman–Crippen MR) is 49.5 cm³/mol. The first-order valence-corrected chi connectivity index (χ1v) is 5.40. The predicted octanol–water partition coefficient (Wildman–Crippen LogP) is 2.31. The van der Waals surface area contributed by atoms with Gasteiger partial charge in [0.1, 0.15) is 0 Å². The molecule has 0 saturated carbocycles. The van der Waals surface area contributed by atoms with Gasteiger partial charge in [0.2, 0.25) is 0 Å². The minimum atomic E-state index is -0.813. The summed E-state index contributed by atoms with van der Waals surface area (Å²) in [6.07, 6.45) is 7.92. The van der Waals surface area contributed by atoms with E-state index in [1.807, 2.05) is 6.08 Å². The third kappa shape index (κ3) is 2.11. The summed E-state index contributed by atoms with van der Waals surface area (Å²) < 4.78 is 11.0. The number of hydrogen-bond donors (Lipinski definition) is 0. The molecule has 0 bridgehead atoms. The van der Waals surface area contributed by atoms with E-state index in [2.05, 4.69) is 26.0 Å². The van der Waals surface area contributed by atoms with Gasteiger partial charge >= 0.3 is 69.8 Å². The summed E-state index contributed by atoms with van der Waals surface area (Å²) in [4.78, 5) is 0.968. The van der Waals surface area contributed by atoms with Crippen LogP contribution in [0.25, 0.3) is 0 Å². The van der Waals surface area contributed by atoms with Gasteiger partial charge in [0.15, 0.2) is 0 Å². The fourth-order valence-corrected chi connectivity index (χ4v) is 1.76. The second kappa shape index (κ2) is 3.46. The molecule has 62 valence electrons. The van der Waals surface area contributed by atoms with Crippen molar-refractivity contribution in [3.63, 3.8) is 0 Å². The molecule has 0 aromatic rings. The van der Waals surface area contributed by atoms with Crippen LogP contribution in [0.15, 0.2) is 23.1 Å². The molecule has 0 aromatic heterocycles. The van der Waals surface area contributed by atoms with E-state index >= 15 is 0 Å². The first kappa shape index (κ1) is 8.88. The number of allylic oxidation sites excluding steroid dienone is 3. The molecule has 1 rings (SSSR count). The van der Waals surface area contributed by atoms with Crippen LogP contribution in [0.2, 0.25) is 0 Å². The van der Waals surface area contributed by atoms with Crippen molar-refractivity contribution in [2.45, 2.75) is 13.8 Å². The molecule has 1 aliphatic carbocycles. The van der Waals surface area contributed by atoms with E-state index in [9.17, 15) is 4.04 Å². The molecule has 0 N–H and O–H groups in total. The Balaban J connectivity index is 2.83. The normalized spacial score (nSPS) is 30.6. The Morgan fingerprint density at radius 2 is 2.00 bits per heavy atom. The van der Waals surface area contributed by atoms with Crippen LogP contribution < -0.4 is 0 Å². The van der Waals surface area contributed by atoms with Crippen molar-refractivity contribution in [1.29, 1.82) is 0 Å². The first-order valence-electron chi connectivity index (χ1n) is 3.84. The molecule has 0 fully saturated rings. The summed E-state index contributed by atoms with van der Waals surface area (Å²) in [6, 6.07) is 0. The summed E-state index contributed by atoms with van der Waals surface area (Å²) in [7, 11) is -0.813. The summed E-state index contributed by atoms with van der Waals surface area (Å²) in [5, 5.41) is 0. The van der Waals surface area contributed by atoms with E-state index in [0.29, 0.717) is 11.8 Å². The van der Waals surface area contributed by atoms with E-state index in [1.54, 1.807) is 6.26 Å². The van der Waals surface area contributed by atoms with Gasteiger partial charge in [0.05, 0.1) is 0 Å². The second-order valence-corrected chi connectivity index (χ2v) is 4.48. The third-order valence-electron chi connectivity index (χ3n) is 2.15. The number of hydrogen-bond acceptors (Lipinski definition) is 1. The third-order valence-corrected chi connectivity index (χ3v) is 3.09. The molecule has 0 amide bonds. The fourth-order valence-electron chi connectivity index (χ4n) is 1.08. The van der Waals surface area contributed by atoms with Crippen molar-refractivity contribution in [2.75, 3.05) is 6.26 Å². The zero-order valence-corrected chi connectivity index (χ0v) is 8.02. The maximum atomic E-state index is 11.0. The van der Waals surface area contributed by atoms with Gasteiger partial charge in [0.25, 0.3) is 0 Å². The van der Waals surface area contributed by atoms with Crippen LogP contribution in [0, 0.1) is 11.8 Å². The minimum absolute atomic E-state index is 0.527. The Labute approximate surface area is 70.3 Å². The molecule has 11 heavy (non-hydrogen) atoms. The van der Waals surface area contributed by atoms with Crippen molar-refractivity contribution in [3.05, 3.63) is 23.1 Å². The van der Waals surface area contributed by atoms with Gasteiger partial charge in [-0.25, -0.2) is 0 Å². The quantitative estimate of drug-likeness (QED) is 0.393. The topological polar surface area (TPSA) is 19.9 Å². The van der Waals surface area contributed by atoms with Crippen molar-refractivity contribution < 1.29 is 4.04 Å². The van der Waals surface area contributed by atoms with Crippen LogP contribution >= 0.6 is 0 Å². The van der Waals surface area contributed by atoms with Gasteiger partial charge in [-0.3, -0.25) is 0 Å². The molecule has 1 aliphatic rings. The summed E-state index contributed by atoms with van der Waals surface area (Å²) in [5.41, 5.74) is 0. The van der Waals surface area contributed by atoms with Gasteiger partial charge in [-0.15, -0.1) is 0 Å². The van der Waals surface area contributed by atoms with Gasteiger partial charge in [-0.2, -0.15) is 0 Å². The Morgan fingerprint density at radius 1 is 1.36 bits per heavy atom. The second-order valence-electron chi connectivity index (χ2n) is 3.10. The van der Waals surface area contributed by atoms with E-state index in [-0.39, 0.29) is 0 Å². The molecule has 0 spiro atoms. The van der Waals surface area contributed by atoms with Crippen LogP contribution in [0.1, 0.15) is 13.8 Å². The molecule has 2 unspecified atom stereocenters. The zero-order chi connectivity index (χ0) is 8.43. The first-order chi connectivity index (χ1) is 5.11. The van der Waals surface area contributed by atoms with Gasteiger partial charge in [-0.05, 0) is 0 Å². The van der Waals surface area contributed by atoms with Gasteiger partial charge < -0.3 is 0 Å². The Kier molecular flexibility index (Phi) is 2.79. The molecule has 2 heteroatoms. The number of rotatable bonds is 0. The molecular formula is C9H14OS. The van der Waals surface area contributed by atoms with Crippen molar-refractivity contribution in [1.82, 2.24) is 0 Å². The van der Waals surface area contributed by atoms with E-state index in [0.717, 1.165) is 4.91 Å². The van der Waals surface area contributed by atoms with E-state index in [1.165, 1.54) is 0 Å². The maximum absolute atomic E-state index is 11.0. The van der Waals surface area contributed by atoms with E-state index in [4.69, 9.17) is 0 Å². The summed E-state index contributed by atoms with van der Waals surface area (Å²) in [5.74, 6) is 1.11. The van der Waals surface area contributed by atoms with Crippen molar-refractivity contribution in [3.8, 4) is 0 Å². The Morgan fingerprint density at radius 3 is 2.45 bits per heavy atom. The Bertz CT molecular complexity index is 267. The Hall–Kier alpha value is -0.210. The molecule has 0 aromatic carbocycles. The van der Waals surface area contributed by atoms with Crippen LogP contribution in [-0.4, -0.2) is 6.26 Å². The van der Waals surface area contributed by atoms with E-state index < -0.39 is 10.6 Å². The fraction of sp³-hybridized carbons (Fsp3) is 0.556. The molecule has 0 radical (unpaired) electrons. The van der Waals surface area contributed by atoms with Crippen LogP contribution in [0.3, 0.4) is 0 Å². The van der Waals surface area contributed by atoms with Crippen LogP contribution in [0.5, 0.6) is 0 Å². The molecular weight excluding hydrogens is 156 g/mol. The van der Waals surface area contributed by atoms with Crippen molar-refractivity contribution in [2.24, 2.45) is 11.8 Å². The standard InChI is InChI=1S/C9H14OS/c1-7-4-5-9(11(3)10)6-8(7)2/h4-8H,1-3H3. The zero-order valence-electron chi connectivity index (χ0n) is 7.20. The van der Waals surface area contributed by atoms with Crippen molar-refractivity contribution >= 4 is 10.6 Å². The molecule has 1 nitrogen and oxygen atoms in total. The SMILES string of the molecule is CC1C=CC([S-](C)#[O+])=CC1C. The molecule has 0 aliphatic heterocycles. The molecule has 0 heterocycles. The molecule has 0 saturated heterocycles. The monoisotopic (exact) mass is 170 g/mol. The summed E-state index contributed by atoms with van der Waals surface area (Å²) >= 11 is 0. The summed E-state index contributed by atoms with van der Waals surface area (Å²) in [6.45, 7) is 4.33. The average Bonchev–Trinajstić information content (AvgIpc) is 1.94. The van der Waals surface area contributed by atoms with Crippen LogP contribution in [-0.2, 0) is 14.7 Å². The average molecular weight is 170 g/mol. The van der Waals surface area contributed by atoms with Crippen LogP contribution in [0.4, 0.5) is 0 Å². The van der Waals surface area contributed by atoms with Gasteiger partial charge in [-0.1, -0.05) is 0 Å². The van der Waals surface area contributed by atoms with Gasteiger partial charge in [0, 0.05) is 0 Å².